The molecule has 0 bridgehead atoms. The lowest BCUT2D eigenvalue weighted by molar-refractivity contribution is 0.101. The average Bonchev–Trinajstić information content (AvgIpc) is 3.29. The molecule has 5 nitrogen and oxygen atoms in total. The molecular formula is C24H20ClF3N4OS. The lowest BCUT2D eigenvalue weighted by Gasteiger charge is -2.29. The molecule has 0 unspecified atom stereocenters. The van der Waals surface area contributed by atoms with E-state index >= 15 is 0 Å². The molecule has 1 aliphatic rings. The van der Waals surface area contributed by atoms with Crippen LogP contribution in [0.15, 0.2) is 35.7 Å². The summed E-state index contributed by atoms with van der Waals surface area (Å²) in [4.78, 5) is 18.8. The van der Waals surface area contributed by atoms with Crippen molar-refractivity contribution in [1.82, 2.24) is 10.3 Å². The third kappa shape index (κ3) is 4.62. The number of hydrogen-bond acceptors (Lipinski definition) is 5. The molecule has 34 heavy (non-hydrogen) atoms. The van der Waals surface area contributed by atoms with Crippen LogP contribution in [0.4, 0.5) is 24.0 Å². The molecule has 1 saturated heterocycles. The number of thiazole rings is 1. The Morgan fingerprint density at radius 3 is 2.50 bits per heavy atom. The molecule has 0 saturated carbocycles. The van der Waals surface area contributed by atoms with E-state index in [2.05, 4.69) is 21.5 Å². The van der Waals surface area contributed by atoms with E-state index in [9.17, 15) is 18.0 Å². The van der Waals surface area contributed by atoms with Crippen LogP contribution in [-0.4, -0.2) is 37.1 Å². The van der Waals surface area contributed by atoms with Gasteiger partial charge in [0, 0.05) is 37.2 Å². The second-order valence-corrected chi connectivity index (χ2v) is 9.18. The van der Waals surface area contributed by atoms with Crippen molar-refractivity contribution >= 4 is 39.7 Å². The van der Waals surface area contributed by atoms with Crippen molar-refractivity contribution in [3.8, 4) is 12.3 Å². The maximum absolute atomic E-state index is 14.7. The summed E-state index contributed by atoms with van der Waals surface area (Å²) in [6.07, 6.45) is 5.74. The van der Waals surface area contributed by atoms with E-state index in [1.54, 1.807) is 18.4 Å². The van der Waals surface area contributed by atoms with Crippen LogP contribution in [-0.2, 0) is 5.41 Å². The second kappa shape index (κ2) is 9.66. The highest BCUT2D eigenvalue weighted by molar-refractivity contribution is 7.14. The van der Waals surface area contributed by atoms with Crippen molar-refractivity contribution < 1.29 is 18.0 Å². The topological polar surface area (TPSA) is 57.3 Å². The molecule has 1 aliphatic heterocycles. The summed E-state index contributed by atoms with van der Waals surface area (Å²) in [6.45, 7) is 4.30. The maximum atomic E-state index is 14.7. The van der Waals surface area contributed by atoms with Gasteiger partial charge >= 0.3 is 0 Å². The zero-order valence-electron chi connectivity index (χ0n) is 18.1. The molecule has 1 amide bonds. The molecule has 1 atom stereocenters. The van der Waals surface area contributed by atoms with Gasteiger partial charge in [0.1, 0.15) is 23.0 Å². The number of hydrogen-bond donors (Lipinski definition) is 2. The summed E-state index contributed by atoms with van der Waals surface area (Å²) in [5.74, 6) is -0.921. The highest BCUT2D eigenvalue weighted by Gasteiger charge is 2.31. The number of rotatable bonds is 5. The van der Waals surface area contributed by atoms with E-state index in [1.165, 1.54) is 12.1 Å². The Morgan fingerprint density at radius 1 is 1.21 bits per heavy atom. The number of carbonyl (C=O) groups is 1. The highest BCUT2D eigenvalue weighted by Crippen LogP contribution is 2.35. The van der Waals surface area contributed by atoms with Gasteiger partial charge in [-0.05, 0) is 36.8 Å². The number of benzene rings is 2. The van der Waals surface area contributed by atoms with Crippen molar-refractivity contribution in [1.29, 1.82) is 0 Å². The van der Waals surface area contributed by atoms with Crippen LogP contribution in [0.2, 0.25) is 5.02 Å². The fourth-order valence-electron chi connectivity index (χ4n) is 3.71. The van der Waals surface area contributed by atoms with E-state index < -0.39 is 34.3 Å². The van der Waals surface area contributed by atoms with Gasteiger partial charge < -0.3 is 10.2 Å². The van der Waals surface area contributed by atoms with Gasteiger partial charge in [-0.3, -0.25) is 10.1 Å². The lowest BCUT2D eigenvalue weighted by atomic mass is 9.81. The van der Waals surface area contributed by atoms with Crippen LogP contribution < -0.4 is 15.5 Å². The molecular weight excluding hydrogens is 485 g/mol. The minimum atomic E-state index is -1.12. The highest BCUT2D eigenvalue weighted by atomic mass is 35.5. The Balaban J connectivity index is 1.56. The van der Waals surface area contributed by atoms with Crippen LogP contribution in [0.3, 0.4) is 0 Å². The molecule has 10 heteroatoms. The van der Waals surface area contributed by atoms with Crippen molar-refractivity contribution in [2.45, 2.75) is 12.3 Å². The van der Waals surface area contributed by atoms with Crippen LogP contribution in [0, 0.1) is 29.8 Å². The second-order valence-electron chi connectivity index (χ2n) is 7.91. The first-order valence-corrected chi connectivity index (χ1v) is 11.6. The number of aromatic nitrogens is 1. The Bertz CT molecular complexity index is 1260. The van der Waals surface area contributed by atoms with Gasteiger partial charge in [0.2, 0.25) is 0 Å². The van der Waals surface area contributed by atoms with Gasteiger partial charge in [0.05, 0.1) is 16.1 Å². The SMILES string of the molecule is C#C[C@](C)(c1ccc(Cl)c(F)c1)c1csc(NC(=O)c2c(F)cc(N3CCNCC3)cc2F)n1. The minimum absolute atomic E-state index is 0.0404. The van der Waals surface area contributed by atoms with E-state index in [-0.39, 0.29) is 10.2 Å². The first kappa shape index (κ1) is 24.1. The summed E-state index contributed by atoms with van der Waals surface area (Å²) >= 11 is 6.80. The number of anilines is 2. The molecule has 1 fully saturated rings. The Labute approximate surface area is 204 Å². The van der Waals surface area contributed by atoms with E-state index in [1.807, 2.05) is 4.90 Å². The molecule has 3 aromatic rings. The van der Waals surface area contributed by atoms with Gasteiger partial charge in [-0.1, -0.05) is 23.6 Å². The number of terminal acetylenes is 1. The summed E-state index contributed by atoms with van der Waals surface area (Å²) in [5, 5.41) is 7.25. The smallest absolute Gasteiger partial charge is 0.263 e. The number of piperazine rings is 1. The normalized spacial score (nSPS) is 15.5. The molecule has 0 spiro atoms. The Kier molecular flexibility index (Phi) is 6.84. The number of nitrogens with zero attached hydrogens (tertiary/aromatic N) is 2. The van der Waals surface area contributed by atoms with Crippen LogP contribution in [0.25, 0.3) is 0 Å². The van der Waals surface area contributed by atoms with E-state index in [0.717, 1.165) is 23.5 Å². The average molecular weight is 505 g/mol. The summed E-state index contributed by atoms with van der Waals surface area (Å²) < 4.78 is 43.5. The van der Waals surface area contributed by atoms with E-state index in [0.29, 0.717) is 43.1 Å². The predicted octanol–water partition coefficient (Wildman–Crippen LogP) is 4.81. The van der Waals surface area contributed by atoms with Crippen LogP contribution in [0.5, 0.6) is 0 Å². The van der Waals surface area contributed by atoms with E-state index in [4.69, 9.17) is 18.0 Å². The molecule has 176 valence electrons. The van der Waals surface area contributed by atoms with Gasteiger partial charge in [0.15, 0.2) is 5.13 Å². The van der Waals surface area contributed by atoms with Crippen LogP contribution in [0.1, 0.15) is 28.5 Å². The van der Waals surface area contributed by atoms with Crippen LogP contribution >= 0.6 is 22.9 Å². The monoisotopic (exact) mass is 504 g/mol. The summed E-state index contributed by atoms with van der Waals surface area (Å²) in [7, 11) is 0. The molecule has 1 aromatic heterocycles. The number of amides is 1. The third-order valence-corrected chi connectivity index (χ3v) is 6.82. The quantitative estimate of drug-likeness (QED) is 0.489. The molecule has 2 heterocycles. The number of carbonyl (C=O) groups excluding carboxylic acids is 1. The standard InChI is InChI=1S/C24H20ClF3N4OS/c1-3-24(2,14-4-5-16(25)17(26)10-14)20-13-34-23(30-20)31-22(33)21-18(27)11-15(12-19(21)28)32-8-6-29-7-9-32/h1,4-5,10-13,29H,6-9H2,2H3,(H,30,31,33)/t24-/m1/s1. The third-order valence-electron chi connectivity index (χ3n) is 5.76. The predicted molar refractivity (Wildman–Crippen MR) is 128 cm³/mol. The van der Waals surface area contributed by atoms with Gasteiger partial charge in [-0.2, -0.15) is 0 Å². The van der Waals surface area contributed by atoms with Gasteiger partial charge in [-0.15, -0.1) is 17.8 Å². The molecule has 2 aromatic carbocycles. The largest absolute Gasteiger partial charge is 0.369 e. The zero-order chi connectivity index (χ0) is 24.5. The molecule has 0 radical (unpaired) electrons. The van der Waals surface area contributed by atoms with Gasteiger partial charge in [0.25, 0.3) is 5.91 Å². The first-order valence-electron chi connectivity index (χ1n) is 10.4. The molecule has 0 aliphatic carbocycles. The fraction of sp³-hybridized carbons (Fsp3) is 0.250. The van der Waals surface area contributed by atoms with Crippen molar-refractivity contribution in [2.24, 2.45) is 0 Å². The lowest BCUT2D eigenvalue weighted by Crippen LogP contribution is -2.43. The van der Waals surface area contributed by atoms with Crippen molar-refractivity contribution in [3.63, 3.8) is 0 Å². The Morgan fingerprint density at radius 2 is 1.88 bits per heavy atom. The Hall–Kier alpha value is -3.06. The summed E-state index contributed by atoms with van der Waals surface area (Å²) in [6, 6.07) is 6.52. The zero-order valence-corrected chi connectivity index (χ0v) is 19.7. The summed E-state index contributed by atoms with van der Waals surface area (Å²) in [5.41, 5.74) is -0.626. The number of halogens is 4. The molecule has 2 N–H and O–H groups in total. The van der Waals surface area contributed by atoms with Crippen molar-refractivity contribution in [2.75, 3.05) is 36.4 Å². The maximum Gasteiger partial charge on any atom is 0.263 e. The molecule has 4 rings (SSSR count). The van der Waals surface area contributed by atoms with Gasteiger partial charge in [-0.25, -0.2) is 18.2 Å². The van der Waals surface area contributed by atoms with Crippen molar-refractivity contribution in [3.05, 3.63) is 75.0 Å². The minimum Gasteiger partial charge on any atom is -0.369 e. The number of nitrogens with one attached hydrogen (secondary N) is 2. The fourth-order valence-corrected chi connectivity index (χ4v) is 4.65. The first-order chi connectivity index (χ1) is 16.2.